The quantitative estimate of drug-likeness (QED) is 0.503. The van der Waals surface area contributed by atoms with Gasteiger partial charge in [0.15, 0.2) is 5.78 Å². The molecule has 0 aliphatic heterocycles. The lowest BCUT2D eigenvalue weighted by Gasteiger charge is -2.14. The molecule has 27 heavy (non-hydrogen) atoms. The Bertz CT molecular complexity index is 838. The largest absolute Gasteiger partial charge is 0.488 e. The number of benzene rings is 3. The van der Waals surface area contributed by atoms with Crippen LogP contribution in [0.2, 0.25) is 0 Å². The van der Waals surface area contributed by atoms with Crippen LogP contribution in [-0.4, -0.2) is 5.78 Å². The first-order valence-corrected chi connectivity index (χ1v) is 8.87. The van der Waals surface area contributed by atoms with Gasteiger partial charge in [-0.25, -0.2) is 0 Å². The molecule has 3 heteroatoms. The third kappa shape index (κ3) is 5.58. The maximum Gasteiger partial charge on any atom is 0.152 e. The molecular formula is C24H22O3. The smallest absolute Gasteiger partial charge is 0.152 e. The molecule has 0 aromatic heterocycles. The number of rotatable bonds is 8. The van der Waals surface area contributed by atoms with Crippen LogP contribution in [0.15, 0.2) is 84.9 Å². The van der Waals surface area contributed by atoms with Gasteiger partial charge in [0, 0.05) is 0 Å². The molecule has 0 aliphatic carbocycles. The Hall–Kier alpha value is -3.33. The summed E-state index contributed by atoms with van der Waals surface area (Å²) in [7, 11) is 0. The van der Waals surface area contributed by atoms with Gasteiger partial charge < -0.3 is 9.47 Å². The summed E-state index contributed by atoms with van der Waals surface area (Å²) >= 11 is 0. The predicted molar refractivity (Wildman–Crippen MR) is 108 cm³/mol. The average molecular weight is 358 g/mol. The molecule has 0 saturated carbocycles. The summed E-state index contributed by atoms with van der Waals surface area (Å²) in [6.45, 7) is 2.42. The van der Waals surface area contributed by atoms with Crippen molar-refractivity contribution >= 4 is 11.9 Å². The zero-order valence-corrected chi connectivity index (χ0v) is 15.3. The highest BCUT2D eigenvalue weighted by atomic mass is 16.5. The summed E-state index contributed by atoms with van der Waals surface area (Å²) in [6, 6.07) is 25.6. The van der Waals surface area contributed by atoms with Crippen LogP contribution in [-0.2, 0) is 18.0 Å². The number of carbonyl (C=O) groups excluding carboxylic acids is 1. The second-order valence-electron chi connectivity index (χ2n) is 6.16. The summed E-state index contributed by atoms with van der Waals surface area (Å²) in [4.78, 5) is 11.4. The van der Waals surface area contributed by atoms with Crippen LogP contribution in [0.3, 0.4) is 0 Å². The van der Waals surface area contributed by atoms with Crippen molar-refractivity contribution in [3.8, 4) is 11.5 Å². The van der Waals surface area contributed by atoms with Crippen molar-refractivity contribution in [2.75, 3.05) is 0 Å². The molecule has 136 valence electrons. The van der Waals surface area contributed by atoms with E-state index in [1.807, 2.05) is 78.9 Å². The van der Waals surface area contributed by atoms with Crippen molar-refractivity contribution in [2.24, 2.45) is 0 Å². The van der Waals surface area contributed by atoms with Crippen LogP contribution in [0.4, 0.5) is 0 Å². The molecule has 0 fully saturated rings. The predicted octanol–water partition coefficient (Wildman–Crippen LogP) is 5.45. The topological polar surface area (TPSA) is 35.5 Å². The van der Waals surface area contributed by atoms with Crippen molar-refractivity contribution in [3.05, 3.63) is 102 Å². The number of carbonyl (C=O) groups is 1. The number of allylic oxidation sites excluding steroid dienone is 1. The molecule has 0 aliphatic rings. The summed E-state index contributed by atoms with van der Waals surface area (Å²) in [5, 5.41) is 0. The Labute approximate surface area is 159 Å². The third-order valence-electron chi connectivity index (χ3n) is 3.99. The molecule has 0 N–H and O–H groups in total. The fraction of sp³-hybridized carbons (Fsp3) is 0.125. The number of ketones is 1. The molecule has 0 atom stereocenters. The van der Waals surface area contributed by atoms with E-state index in [0.717, 1.165) is 16.7 Å². The van der Waals surface area contributed by atoms with Crippen molar-refractivity contribution in [3.63, 3.8) is 0 Å². The summed E-state index contributed by atoms with van der Waals surface area (Å²) < 4.78 is 12.0. The van der Waals surface area contributed by atoms with Gasteiger partial charge in [0.1, 0.15) is 24.7 Å². The van der Waals surface area contributed by atoms with Crippen LogP contribution in [0.5, 0.6) is 11.5 Å². The monoisotopic (exact) mass is 358 g/mol. The average Bonchev–Trinajstić information content (AvgIpc) is 2.71. The Morgan fingerprint density at radius 3 is 1.67 bits per heavy atom. The van der Waals surface area contributed by atoms with Crippen molar-refractivity contribution < 1.29 is 14.3 Å². The fourth-order valence-electron chi connectivity index (χ4n) is 2.61. The summed E-state index contributed by atoms with van der Waals surface area (Å²) in [6.07, 6.45) is 3.28. The van der Waals surface area contributed by atoms with E-state index in [1.54, 1.807) is 6.08 Å². The Morgan fingerprint density at radius 2 is 1.22 bits per heavy atom. The molecule has 3 aromatic rings. The van der Waals surface area contributed by atoms with E-state index in [-0.39, 0.29) is 5.78 Å². The van der Waals surface area contributed by atoms with Gasteiger partial charge in [0.05, 0.1) is 5.56 Å². The lowest BCUT2D eigenvalue weighted by Crippen LogP contribution is -2.01. The van der Waals surface area contributed by atoms with E-state index in [0.29, 0.717) is 24.7 Å². The lowest BCUT2D eigenvalue weighted by atomic mass is 10.1. The van der Waals surface area contributed by atoms with Gasteiger partial charge in [0.2, 0.25) is 0 Å². The highest BCUT2D eigenvalue weighted by Crippen LogP contribution is 2.31. The molecule has 0 unspecified atom stereocenters. The van der Waals surface area contributed by atoms with Gasteiger partial charge in [-0.1, -0.05) is 66.7 Å². The molecule has 0 spiro atoms. The molecule has 0 radical (unpaired) electrons. The van der Waals surface area contributed by atoms with Gasteiger partial charge in [-0.05, 0) is 42.3 Å². The summed E-state index contributed by atoms with van der Waals surface area (Å²) in [5.74, 6) is 1.34. The molecule has 0 saturated heterocycles. The van der Waals surface area contributed by atoms with E-state index >= 15 is 0 Å². The Morgan fingerprint density at radius 1 is 0.741 bits per heavy atom. The molecule has 3 nitrogen and oxygen atoms in total. The zero-order valence-electron chi connectivity index (χ0n) is 15.3. The van der Waals surface area contributed by atoms with Crippen LogP contribution in [0, 0.1) is 0 Å². The highest BCUT2D eigenvalue weighted by molar-refractivity contribution is 5.92. The summed E-state index contributed by atoms with van der Waals surface area (Å²) in [5.41, 5.74) is 2.92. The van der Waals surface area contributed by atoms with Crippen LogP contribution in [0.1, 0.15) is 23.6 Å². The van der Waals surface area contributed by atoms with Crippen molar-refractivity contribution in [1.29, 1.82) is 0 Å². The highest BCUT2D eigenvalue weighted by Gasteiger charge is 2.09. The number of hydrogen-bond acceptors (Lipinski definition) is 3. The minimum atomic E-state index is -0.0260. The molecule has 0 bridgehead atoms. The molecule has 3 aromatic carbocycles. The zero-order chi connectivity index (χ0) is 18.9. The van der Waals surface area contributed by atoms with E-state index in [2.05, 4.69) is 0 Å². The third-order valence-corrected chi connectivity index (χ3v) is 3.99. The maximum absolute atomic E-state index is 11.4. The van der Waals surface area contributed by atoms with Gasteiger partial charge in [-0.15, -0.1) is 0 Å². The standard InChI is InChI=1S/C24H22O3/c1-19(25)15-16-22-23(26-17-20-9-4-2-5-10-20)13-8-14-24(22)27-18-21-11-6-3-7-12-21/h2-16H,17-18H2,1H3. The number of hydrogen-bond donors (Lipinski definition) is 0. The minimum Gasteiger partial charge on any atom is -0.488 e. The first kappa shape index (κ1) is 18.5. The molecule has 0 amide bonds. The lowest BCUT2D eigenvalue weighted by molar-refractivity contribution is -0.112. The minimum absolute atomic E-state index is 0.0260. The SMILES string of the molecule is CC(=O)C=Cc1c(OCc2ccccc2)cccc1OCc1ccccc1. The maximum atomic E-state index is 11.4. The van der Waals surface area contributed by atoms with Crippen LogP contribution < -0.4 is 9.47 Å². The Kier molecular flexibility index (Phi) is 6.42. The second-order valence-corrected chi connectivity index (χ2v) is 6.16. The van der Waals surface area contributed by atoms with Crippen LogP contribution >= 0.6 is 0 Å². The van der Waals surface area contributed by atoms with Gasteiger partial charge in [-0.2, -0.15) is 0 Å². The molecule has 0 heterocycles. The van der Waals surface area contributed by atoms with Gasteiger partial charge in [-0.3, -0.25) is 4.79 Å². The number of ether oxygens (including phenoxy) is 2. The molecular weight excluding hydrogens is 336 g/mol. The van der Waals surface area contributed by atoms with Crippen molar-refractivity contribution in [2.45, 2.75) is 20.1 Å². The fourth-order valence-corrected chi connectivity index (χ4v) is 2.61. The first-order valence-electron chi connectivity index (χ1n) is 8.87. The molecule has 3 rings (SSSR count). The normalized spacial score (nSPS) is 10.7. The Balaban J connectivity index is 1.82. The van der Waals surface area contributed by atoms with E-state index in [1.165, 1.54) is 13.0 Å². The van der Waals surface area contributed by atoms with E-state index < -0.39 is 0 Å². The van der Waals surface area contributed by atoms with E-state index in [9.17, 15) is 4.79 Å². The first-order chi connectivity index (χ1) is 13.2. The van der Waals surface area contributed by atoms with Crippen LogP contribution in [0.25, 0.3) is 6.08 Å². The second kappa shape index (κ2) is 9.39. The van der Waals surface area contributed by atoms with E-state index in [4.69, 9.17) is 9.47 Å². The van der Waals surface area contributed by atoms with Gasteiger partial charge in [0.25, 0.3) is 0 Å². The van der Waals surface area contributed by atoms with Gasteiger partial charge >= 0.3 is 0 Å². The van der Waals surface area contributed by atoms with Crippen molar-refractivity contribution in [1.82, 2.24) is 0 Å².